The van der Waals surface area contributed by atoms with Crippen molar-refractivity contribution >= 4 is 11.7 Å². The van der Waals surface area contributed by atoms with Gasteiger partial charge in [-0.05, 0) is 12.1 Å². The number of para-hydroxylation sites is 1. The van der Waals surface area contributed by atoms with Crippen molar-refractivity contribution in [3.63, 3.8) is 0 Å². The highest BCUT2D eigenvalue weighted by Crippen LogP contribution is 2.10. The minimum atomic E-state index is -0.651. The topological polar surface area (TPSA) is 50.2 Å². The summed E-state index contributed by atoms with van der Waals surface area (Å²) < 4.78 is 5.07. The summed E-state index contributed by atoms with van der Waals surface area (Å²) in [5, 5.41) is 7.71. The van der Waals surface area contributed by atoms with Crippen LogP contribution < -0.4 is 4.74 Å². The van der Waals surface area contributed by atoms with E-state index < -0.39 is 5.97 Å². The normalized spacial score (nSPS) is 9.65. The first-order chi connectivity index (χ1) is 8.27. The van der Waals surface area contributed by atoms with Crippen LogP contribution in [-0.4, -0.2) is 11.7 Å². The highest BCUT2D eigenvalue weighted by Gasteiger charge is 2.13. The fourth-order valence-corrected chi connectivity index (χ4v) is 1.37. The van der Waals surface area contributed by atoms with Gasteiger partial charge in [-0.2, -0.15) is 0 Å². The quantitative estimate of drug-likeness (QED) is 0.496. The smallest absolute Gasteiger partial charge is 0.362 e. The molecule has 84 valence electrons. The molecule has 17 heavy (non-hydrogen) atoms. The molecule has 0 saturated heterocycles. The molecule has 1 N–H and O–H groups in total. The molecule has 3 nitrogen and oxygen atoms in total. The Hall–Kier alpha value is -2.42. The minimum Gasteiger partial charge on any atom is -0.422 e. The largest absolute Gasteiger partial charge is 0.422 e. The van der Waals surface area contributed by atoms with Gasteiger partial charge in [-0.1, -0.05) is 48.5 Å². The number of carbonyl (C=O) groups excluding carboxylic acids is 1. The Morgan fingerprint density at radius 3 is 2.00 bits per heavy atom. The van der Waals surface area contributed by atoms with Crippen LogP contribution in [0.25, 0.3) is 0 Å². The van der Waals surface area contributed by atoms with Crippen LogP contribution in [0.3, 0.4) is 0 Å². The molecule has 0 aliphatic heterocycles. The van der Waals surface area contributed by atoms with Crippen molar-refractivity contribution in [3.8, 4) is 5.75 Å². The van der Waals surface area contributed by atoms with E-state index in [1.165, 1.54) is 0 Å². The third kappa shape index (κ3) is 2.78. The predicted molar refractivity (Wildman–Crippen MR) is 65.3 cm³/mol. The first kappa shape index (κ1) is 11.1. The average Bonchev–Trinajstić information content (AvgIpc) is 2.40. The van der Waals surface area contributed by atoms with E-state index in [1.54, 1.807) is 48.5 Å². The van der Waals surface area contributed by atoms with E-state index in [9.17, 15) is 4.79 Å². The van der Waals surface area contributed by atoms with E-state index in [1.807, 2.05) is 12.1 Å². The molecule has 0 aliphatic rings. The summed E-state index contributed by atoms with van der Waals surface area (Å²) in [5.41, 5.74) is 0.405. The Labute approximate surface area is 99.2 Å². The Balaban J connectivity index is 2.09. The highest BCUT2D eigenvalue weighted by atomic mass is 16.5. The van der Waals surface area contributed by atoms with E-state index in [2.05, 4.69) is 0 Å². The molecule has 0 aromatic heterocycles. The zero-order valence-corrected chi connectivity index (χ0v) is 9.09. The number of hydrogen-bond donors (Lipinski definition) is 1. The molecule has 3 heteroatoms. The van der Waals surface area contributed by atoms with Crippen molar-refractivity contribution < 1.29 is 9.53 Å². The Morgan fingerprint density at radius 2 is 1.41 bits per heavy atom. The van der Waals surface area contributed by atoms with Crippen molar-refractivity contribution in [3.05, 3.63) is 66.2 Å². The molecule has 0 atom stereocenters. The van der Waals surface area contributed by atoms with Gasteiger partial charge in [-0.3, -0.25) is 5.41 Å². The minimum absolute atomic E-state index is 0.144. The lowest BCUT2D eigenvalue weighted by Gasteiger charge is -2.04. The molecule has 0 heterocycles. The summed E-state index contributed by atoms with van der Waals surface area (Å²) in [6.07, 6.45) is 0. The second-order valence-electron chi connectivity index (χ2n) is 3.44. The molecule has 0 radical (unpaired) electrons. The molecule has 0 unspecified atom stereocenters. The number of benzene rings is 2. The van der Waals surface area contributed by atoms with Gasteiger partial charge in [-0.25, -0.2) is 4.79 Å². The van der Waals surface area contributed by atoms with Gasteiger partial charge < -0.3 is 4.74 Å². The van der Waals surface area contributed by atoms with E-state index in [0.29, 0.717) is 11.3 Å². The number of hydrogen-bond acceptors (Lipinski definition) is 3. The second-order valence-corrected chi connectivity index (χ2v) is 3.44. The van der Waals surface area contributed by atoms with Crippen molar-refractivity contribution in [1.29, 1.82) is 5.41 Å². The van der Waals surface area contributed by atoms with Gasteiger partial charge in [0.1, 0.15) is 11.5 Å². The van der Waals surface area contributed by atoms with Crippen LogP contribution in [0, 0.1) is 5.41 Å². The van der Waals surface area contributed by atoms with E-state index >= 15 is 0 Å². The highest BCUT2D eigenvalue weighted by molar-refractivity contribution is 6.42. The average molecular weight is 225 g/mol. The third-order valence-electron chi connectivity index (χ3n) is 2.22. The zero-order valence-electron chi connectivity index (χ0n) is 9.09. The fraction of sp³-hybridized carbons (Fsp3) is 0. The molecule has 0 bridgehead atoms. The first-order valence-corrected chi connectivity index (χ1v) is 5.18. The second kappa shape index (κ2) is 5.07. The van der Waals surface area contributed by atoms with Gasteiger partial charge in [-0.15, -0.1) is 0 Å². The molecule has 0 aliphatic carbocycles. The standard InChI is InChI=1S/C14H11NO2/c15-13(11-7-3-1-4-8-11)14(16)17-12-9-5-2-6-10-12/h1-10,15H. The first-order valence-electron chi connectivity index (χ1n) is 5.18. The number of esters is 1. The Morgan fingerprint density at radius 1 is 0.882 bits per heavy atom. The molecule has 0 fully saturated rings. The van der Waals surface area contributed by atoms with Crippen LogP contribution in [0.15, 0.2) is 60.7 Å². The number of rotatable bonds is 3. The summed E-state index contributed by atoms with van der Waals surface area (Å²) in [5.74, 6) is -0.208. The van der Waals surface area contributed by atoms with Crippen LogP contribution in [0.2, 0.25) is 0 Å². The maximum absolute atomic E-state index is 11.7. The van der Waals surface area contributed by atoms with Crippen LogP contribution in [0.4, 0.5) is 0 Å². The van der Waals surface area contributed by atoms with Crippen molar-refractivity contribution in [2.24, 2.45) is 0 Å². The predicted octanol–water partition coefficient (Wildman–Crippen LogP) is 2.66. The van der Waals surface area contributed by atoms with Crippen molar-refractivity contribution in [2.45, 2.75) is 0 Å². The van der Waals surface area contributed by atoms with Gasteiger partial charge in [0.05, 0.1) is 0 Å². The summed E-state index contributed by atoms with van der Waals surface area (Å²) in [4.78, 5) is 11.7. The van der Waals surface area contributed by atoms with Gasteiger partial charge in [0.2, 0.25) is 0 Å². The maximum atomic E-state index is 11.7. The van der Waals surface area contributed by atoms with Gasteiger partial charge in [0.25, 0.3) is 0 Å². The van der Waals surface area contributed by atoms with E-state index in [4.69, 9.17) is 10.1 Å². The molecule has 0 saturated carbocycles. The lowest BCUT2D eigenvalue weighted by molar-refractivity contribution is -0.126. The number of nitrogens with one attached hydrogen (secondary N) is 1. The maximum Gasteiger partial charge on any atom is 0.362 e. The van der Waals surface area contributed by atoms with Crippen LogP contribution >= 0.6 is 0 Å². The monoisotopic (exact) mass is 225 g/mol. The van der Waals surface area contributed by atoms with E-state index in [-0.39, 0.29) is 5.71 Å². The van der Waals surface area contributed by atoms with Gasteiger partial charge in [0, 0.05) is 5.56 Å². The molecule has 0 amide bonds. The molecule has 2 aromatic rings. The van der Waals surface area contributed by atoms with Crippen LogP contribution in [0.5, 0.6) is 5.75 Å². The van der Waals surface area contributed by atoms with Crippen molar-refractivity contribution in [2.75, 3.05) is 0 Å². The number of carbonyl (C=O) groups is 1. The zero-order chi connectivity index (χ0) is 12.1. The Kier molecular flexibility index (Phi) is 3.31. The summed E-state index contributed by atoms with van der Waals surface area (Å²) in [6.45, 7) is 0. The van der Waals surface area contributed by atoms with Crippen molar-refractivity contribution in [1.82, 2.24) is 0 Å². The number of ether oxygens (including phenoxy) is 1. The summed E-state index contributed by atoms with van der Waals surface area (Å²) in [6, 6.07) is 17.5. The fourth-order valence-electron chi connectivity index (χ4n) is 1.37. The summed E-state index contributed by atoms with van der Waals surface area (Å²) >= 11 is 0. The van der Waals surface area contributed by atoms with Gasteiger partial charge in [0.15, 0.2) is 0 Å². The molecule has 2 rings (SSSR count). The van der Waals surface area contributed by atoms with Crippen LogP contribution in [0.1, 0.15) is 5.56 Å². The SMILES string of the molecule is N=C(C(=O)Oc1ccccc1)c1ccccc1. The van der Waals surface area contributed by atoms with Crippen LogP contribution in [-0.2, 0) is 4.79 Å². The molecule has 0 spiro atoms. The lowest BCUT2D eigenvalue weighted by atomic mass is 10.1. The summed E-state index contributed by atoms with van der Waals surface area (Å²) in [7, 11) is 0. The molecular formula is C14H11NO2. The molecule has 2 aromatic carbocycles. The third-order valence-corrected chi connectivity index (χ3v) is 2.22. The lowest BCUT2D eigenvalue weighted by Crippen LogP contribution is -2.20. The van der Waals surface area contributed by atoms with Gasteiger partial charge >= 0.3 is 5.97 Å². The Bertz CT molecular complexity index is 520. The molecular weight excluding hydrogens is 214 g/mol. The van der Waals surface area contributed by atoms with E-state index in [0.717, 1.165) is 0 Å².